The first-order chi connectivity index (χ1) is 9.38. The predicted molar refractivity (Wildman–Crippen MR) is 71.8 cm³/mol. The molecule has 0 unspecified atom stereocenters. The van der Waals surface area contributed by atoms with Gasteiger partial charge in [0, 0.05) is 18.4 Å². The van der Waals surface area contributed by atoms with Crippen LogP contribution in [0.4, 0.5) is 0 Å². The maximum atomic E-state index is 12.1. The molecule has 0 aliphatic carbocycles. The van der Waals surface area contributed by atoms with Crippen LogP contribution in [0.15, 0.2) is 16.4 Å². The molecular weight excluding hydrogens is 286 g/mol. The lowest BCUT2D eigenvalue weighted by Crippen LogP contribution is -2.78. The van der Waals surface area contributed by atoms with Crippen LogP contribution >= 0.6 is 11.8 Å². The monoisotopic (exact) mass is 301 g/mol. The van der Waals surface area contributed by atoms with Crippen molar-refractivity contribution < 1.29 is 24.3 Å². The number of hydrogen-bond donors (Lipinski definition) is 2. The van der Waals surface area contributed by atoms with E-state index in [-0.39, 0.29) is 5.70 Å². The summed E-state index contributed by atoms with van der Waals surface area (Å²) in [6.45, 7) is 1.62. The van der Waals surface area contributed by atoms with Crippen LogP contribution in [-0.4, -0.2) is 58.7 Å². The lowest BCUT2D eigenvalue weighted by molar-refractivity contribution is -0.182. The molecule has 1 fully saturated rings. The molecule has 3 N–H and O–H groups in total. The van der Waals surface area contributed by atoms with E-state index in [4.69, 9.17) is 10.5 Å². The first kappa shape index (κ1) is 14.8. The first-order valence-electron chi connectivity index (χ1n) is 5.72. The summed E-state index contributed by atoms with van der Waals surface area (Å²) in [6, 6.07) is 0. The zero-order valence-electron chi connectivity index (χ0n) is 11.2. The van der Waals surface area contributed by atoms with E-state index < -0.39 is 23.0 Å². The summed E-state index contributed by atoms with van der Waals surface area (Å²) in [5.41, 5.74) is 5.10. The minimum Gasteiger partial charge on any atom is -0.477 e. The summed E-state index contributed by atoms with van der Waals surface area (Å²) in [5, 5.41) is 12.5. The molecule has 2 aliphatic rings. The van der Waals surface area contributed by atoms with Crippen LogP contribution in [0.3, 0.4) is 0 Å². The van der Waals surface area contributed by atoms with E-state index in [0.717, 1.165) is 4.90 Å². The maximum Gasteiger partial charge on any atom is 0.353 e. The number of rotatable bonds is 4. The number of thioether (sulfide) groups is 1. The number of carbonyl (C=O) groups is 2. The van der Waals surface area contributed by atoms with Crippen LogP contribution in [0.5, 0.6) is 0 Å². The van der Waals surface area contributed by atoms with Gasteiger partial charge in [0.2, 0.25) is 5.72 Å². The fraction of sp³-hybridized carbons (Fsp3) is 0.545. The number of nitrogens with two attached hydrogens (primary N) is 1. The normalized spacial score (nSPS) is 30.0. The van der Waals surface area contributed by atoms with Crippen molar-refractivity contribution in [2.75, 3.05) is 20.0 Å². The van der Waals surface area contributed by atoms with Crippen LogP contribution in [0.2, 0.25) is 0 Å². The number of β-lactam (4-membered cyclic amide) rings is 1. The molecule has 8 nitrogen and oxygen atoms in total. The molecule has 0 radical (unpaired) electrons. The van der Waals surface area contributed by atoms with Crippen molar-refractivity contribution in [1.29, 1.82) is 0 Å². The van der Waals surface area contributed by atoms with Crippen LogP contribution < -0.4 is 5.73 Å². The van der Waals surface area contributed by atoms with Crippen molar-refractivity contribution in [1.82, 2.24) is 4.90 Å². The molecule has 9 heteroatoms. The summed E-state index contributed by atoms with van der Waals surface area (Å²) in [6.07, 6.45) is 0. The third-order valence-electron chi connectivity index (χ3n) is 3.27. The Kier molecular flexibility index (Phi) is 3.76. The van der Waals surface area contributed by atoms with Gasteiger partial charge in [-0.05, 0) is 6.92 Å². The van der Waals surface area contributed by atoms with Gasteiger partial charge in [0.05, 0.1) is 5.71 Å². The molecule has 2 atom stereocenters. The van der Waals surface area contributed by atoms with Gasteiger partial charge in [-0.2, -0.15) is 0 Å². The van der Waals surface area contributed by atoms with Gasteiger partial charge in [0.25, 0.3) is 5.91 Å². The molecule has 0 saturated carbocycles. The molecule has 1 saturated heterocycles. The van der Waals surface area contributed by atoms with Gasteiger partial charge in [-0.1, -0.05) is 5.16 Å². The quantitative estimate of drug-likeness (QED) is 0.313. The molecule has 0 aromatic carbocycles. The summed E-state index contributed by atoms with van der Waals surface area (Å²) < 4.78 is 5.02. The number of fused-ring (bicyclic) bond motifs is 1. The minimum atomic E-state index is -1.47. The summed E-state index contributed by atoms with van der Waals surface area (Å²) in [4.78, 5) is 29.3. The largest absolute Gasteiger partial charge is 0.477 e. The molecular formula is C11H15N3O5S. The number of oxime groups is 1. The number of amides is 1. The molecule has 2 heterocycles. The lowest BCUT2D eigenvalue weighted by atomic mass is 9.98. The van der Waals surface area contributed by atoms with Crippen LogP contribution in [-0.2, 0) is 19.2 Å². The molecule has 0 spiro atoms. The molecule has 2 aliphatic heterocycles. The maximum absolute atomic E-state index is 12.1. The van der Waals surface area contributed by atoms with Crippen molar-refractivity contribution in [2.45, 2.75) is 18.0 Å². The molecule has 0 aromatic rings. The van der Waals surface area contributed by atoms with Crippen LogP contribution in [0.25, 0.3) is 0 Å². The highest BCUT2D eigenvalue weighted by atomic mass is 32.2. The zero-order valence-corrected chi connectivity index (χ0v) is 12.1. The molecule has 1 amide bonds. The van der Waals surface area contributed by atoms with E-state index in [1.165, 1.54) is 26.0 Å². The van der Waals surface area contributed by atoms with E-state index in [9.17, 15) is 14.7 Å². The average Bonchev–Trinajstić information content (AvgIpc) is 2.44. The van der Waals surface area contributed by atoms with Crippen molar-refractivity contribution >= 4 is 29.4 Å². The predicted octanol–water partition coefficient (Wildman–Crippen LogP) is -0.436. The Morgan fingerprint density at radius 2 is 2.25 bits per heavy atom. The average molecular weight is 301 g/mol. The van der Waals surface area contributed by atoms with E-state index in [2.05, 4.69) is 9.99 Å². The zero-order chi connectivity index (χ0) is 15.1. The van der Waals surface area contributed by atoms with Gasteiger partial charge in [-0.15, -0.1) is 11.8 Å². The molecule has 0 aromatic heterocycles. The second-order valence-corrected chi connectivity index (χ2v) is 5.40. The SMILES string of the molecule is CO/N=C(\C)C1=C(C(=O)O)N2C(=O)[C@](N)(OC)[C@H]2SC1. The van der Waals surface area contributed by atoms with Gasteiger partial charge >= 0.3 is 5.97 Å². The summed E-state index contributed by atoms with van der Waals surface area (Å²) in [7, 11) is 2.70. The highest BCUT2D eigenvalue weighted by molar-refractivity contribution is 8.00. The fourth-order valence-corrected chi connectivity index (χ4v) is 3.67. The standard InChI is InChI=1S/C11H15N3O5S/c1-5(13-19-3)6-4-20-10-11(12,18-2)9(17)14(10)7(6)8(15)16/h10H,4,12H2,1-3H3,(H,15,16)/b13-5+/t10-,11+/m1/s1. The Morgan fingerprint density at radius 1 is 1.60 bits per heavy atom. The smallest absolute Gasteiger partial charge is 0.353 e. The number of ether oxygens (including phenoxy) is 1. The topological polar surface area (TPSA) is 114 Å². The number of carboxylic acid groups (broad SMARTS) is 1. The van der Waals surface area contributed by atoms with Gasteiger partial charge in [0.1, 0.15) is 18.2 Å². The second kappa shape index (κ2) is 5.08. The third-order valence-corrected chi connectivity index (χ3v) is 4.60. The number of aliphatic carboxylic acids is 1. The van der Waals surface area contributed by atoms with E-state index in [1.807, 2.05) is 0 Å². The van der Waals surface area contributed by atoms with Gasteiger partial charge < -0.3 is 14.7 Å². The highest BCUT2D eigenvalue weighted by Gasteiger charge is 2.63. The van der Waals surface area contributed by atoms with Crippen molar-refractivity contribution in [2.24, 2.45) is 10.9 Å². The van der Waals surface area contributed by atoms with E-state index in [1.54, 1.807) is 6.92 Å². The van der Waals surface area contributed by atoms with E-state index in [0.29, 0.717) is 17.0 Å². The summed E-state index contributed by atoms with van der Waals surface area (Å²) in [5.74, 6) is -1.42. The first-order valence-corrected chi connectivity index (χ1v) is 6.77. The van der Waals surface area contributed by atoms with Crippen LogP contribution in [0.1, 0.15) is 6.92 Å². The van der Waals surface area contributed by atoms with Gasteiger partial charge in [-0.3, -0.25) is 15.4 Å². The Bertz CT molecular complexity index is 532. The number of methoxy groups -OCH3 is 1. The van der Waals surface area contributed by atoms with Gasteiger partial charge in [-0.25, -0.2) is 4.79 Å². The lowest BCUT2D eigenvalue weighted by Gasteiger charge is -2.54. The Morgan fingerprint density at radius 3 is 2.75 bits per heavy atom. The van der Waals surface area contributed by atoms with Crippen molar-refractivity contribution in [3.05, 3.63) is 11.3 Å². The molecule has 110 valence electrons. The summed E-state index contributed by atoms with van der Waals surface area (Å²) >= 11 is 1.33. The van der Waals surface area contributed by atoms with E-state index >= 15 is 0 Å². The minimum absolute atomic E-state index is 0.116. The molecule has 20 heavy (non-hydrogen) atoms. The Hall–Kier alpha value is -1.58. The Balaban J connectivity index is 2.46. The number of carbonyl (C=O) groups excluding carboxylic acids is 1. The number of hydrogen-bond acceptors (Lipinski definition) is 7. The van der Waals surface area contributed by atoms with Crippen molar-refractivity contribution in [3.63, 3.8) is 0 Å². The number of carboxylic acids is 1. The van der Waals surface area contributed by atoms with Crippen LogP contribution in [0, 0.1) is 0 Å². The fourth-order valence-electron chi connectivity index (χ4n) is 2.21. The third kappa shape index (κ3) is 1.89. The number of nitrogens with zero attached hydrogens (tertiary/aromatic N) is 2. The van der Waals surface area contributed by atoms with Crippen molar-refractivity contribution in [3.8, 4) is 0 Å². The highest BCUT2D eigenvalue weighted by Crippen LogP contribution is 2.45. The molecule has 0 bridgehead atoms. The van der Waals surface area contributed by atoms with Gasteiger partial charge in [0.15, 0.2) is 0 Å². The molecule has 2 rings (SSSR count). The second-order valence-electron chi connectivity index (χ2n) is 4.33. The Labute approximate surface area is 119 Å².